The van der Waals surface area contributed by atoms with Gasteiger partial charge in [-0.1, -0.05) is 44.2 Å². The van der Waals surface area contributed by atoms with Gasteiger partial charge >= 0.3 is 6.61 Å². The molecule has 1 aliphatic rings. The van der Waals surface area contributed by atoms with Gasteiger partial charge in [0.25, 0.3) is 0 Å². The molecule has 0 fully saturated rings. The molecule has 5 nitrogen and oxygen atoms in total. The summed E-state index contributed by atoms with van der Waals surface area (Å²) in [6.45, 7) is 1.86. The highest BCUT2D eigenvalue weighted by Gasteiger charge is 2.43. The number of amidine groups is 1. The topological polar surface area (TPSA) is 69.7 Å². The minimum Gasteiger partial charge on any atom is -0.493 e. The van der Waals surface area contributed by atoms with E-state index in [1.807, 2.05) is 36.4 Å². The molecule has 1 atom stereocenters. The van der Waals surface area contributed by atoms with Crippen LogP contribution in [0.3, 0.4) is 0 Å². The molecule has 7 heteroatoms. The molecule has 3 aromatic rings. The number of fused-ring (bicyclic) bond motifs is 1. The number of benzene rings is 2. The summed E-state index contributed by atoms with van der Waals surface area (Å²) in [6.07, 6.45) is 1.67. The average molecular weight is 423 g/mol. The third kappa shape index (κ3) is 3.95. The van der Waals surface area contributed by atoms with Crippen molar-refractivity contribution in [2.75, 3.05) is 6.61 Å². The summed E-state index contributed by atoms with van der Waals surface area (Å²) in [7, 11) is 0. The Labute approximate surface area is 179 Å². The van der Waals surface area contributed by atoms with E-state index in [-0.39, 0.29) is 5.75 Å². The fourth-order valence-corrected chi connectivity index (χ4v) is 3.75. The van der Waals surface area contributed by atoms with Crippen LogP contribution in [0.5, 0.6) is 11.5 Å². The molecule has 160 valence electrons. The van der Waals surface area contributed by atoms with Gasteiger partial charge in [-0.05, 0) is 47.4 Å². The molecule has 4 rings (SSSR count). The summed E-state index contributed by atoms with van der Waals surface area (Å²) in [5, 5.41) is 0. The number of hydrogen-bond donors (Lipinski definition) is 1. The smallest absolute Gasteiger partial charge is 0.387 e. The van der Waals surface area contributed by atoms with E-state index in [1.54, 1.807) is 18.3 Å². The van der Waals surface area contributed by atoms with Gasteiger partial charge in [0.15, 0.2) is 0 Å². The van der Waals surface area contributed by atoms with Gasteiger partial charge < -0.3 is 15.2 Å². The summed E-state index contributed by atoms with van der Waals surface area (Å²) in [5.41, 5.74) is 8.29. The predicted molar refractivity (Wildman–Crippen MR) is 115 cm³/mol. The zero-order valence-electron chi connectivity index (χ0n) is 17.3. The van der Waals surface area contributed by atoms with E-state index in [9.17, 15) is 8.78 Å². The second kappa shape index (κ2) is 8.34. The highest BCUT2D eigenvalue weighted by molar-refractivity contribution is 6.01. The van der Waals surface area contributed by atoms with Gasteiger partial charge in [-0.3, -0.25) is 4.98 Å². The van der Waals surface area contributed by atoms with Crippen LogP contribution in [0, 0.1) is 5.92 Å². The molecule has 2 aromatic carbocycles. The van der Waals surface area contributed by atoms with Crippen LogP contribution in [-0.4, -0.2) is 24.0 Å². The maximum absolute atomic E-state index is 12.6. The number of rotatable bonds is 7. The SMILES string of the molecule is CC(C)COc1cccc(C2(c3ccc(OC(F)F)cc3)N=C(N)c3ncccc32)c1. The minimum absolute atomic E-state index is 0.0734. The van der Waals surface area contributed by atoms with Gasteiger partial charge in [0.2, 0.25) is 0 Å². The van der Waals surface area contributed by atoms with Crippen LogP contribution >= 0.6 is 0 Å². The van der Waals surface area contributed by atoms with Crippen molar-refractivity contribution in [3.63, 3.8) is 0 Å². The van der Waals surface area contributed by atoms with E-state index in [2.05, 4.69) is 23.6 Å². The molecule has 2 heterocycles. The largest absolute Gasteiger partial charge is 0.493 e. The van der Waals surface area contributed by atoms with Crippen LogP contribution in [0.25, 0.3) is 0 Å². The Morgan fingerprint density at radius 3 is 2.45 bits per heavy atom. The quantitative estimate of drug-likeness (QED) is 0.597. The Hall–Kier alpha value is -3.48. The Morgan fingerprint density at radius 1 is 0.968 bits per heavy atom. The molecule has 0 aliphatic carbocycles. The lowest BCUT2D eigenvalue weighted by Crippen LogP contribution is -2.25. The van der Waals surface area contributed by atoms with Crippen molar-refractivity contribution in [2.45, 2.75) is 26.0 Å². The van der Waals surface area contributed by atoms with Crippen molar-refractivity contribution in [2.24, 2.45) is 16.6 Å². The Balaban J connectivity index is 1.86. The van der Waals surface area contributed by atoms with Gasteiger partial charge in [0, 0.05) is 11.8 Å². The average Bonchev–Trinajstić information content (AvgIpc) is 3.06. The normalized spacial score (nSPS) is 17.5. The first-order valence-corrected chi connectivity index (χ1v) is 10.00. The van der Waals surface area contributed by atoms with Crippen molar-refractivity contribution in [1.29, 1.82) is 0 Å². The summed E-state index contributed by atoms with van der Waals surface area (Å²) in [4.78, 5) is 9.26. The molecular weight excluding hydrogens is 400 g/mol. The maximum atomic E-state index is 12.6. The summed E-state index contributed by atoms with van der Waals surface area (Å²) < 4.78 is 35.6. The monoisotopic (exact) mass is 423 g/mol. The highest BCUT2D eigenvalue weighted by atomic mass is 19.3. The lowest BCUT2D eigenvalue weighted by atomic mass is 9.78. The third-order valence-corrected chi connectivity index (χ3v) is 5.06. The van der Waals surface area contributed by atoms with E-state index in [1.165, 1.54) is 12.1 Å². The van der Waals surface area contributed by atoms with Gasteiger partial charge in [-0.15, -0.1) is 0 Å². The molecule has 0 amide bonds. The number of nitrogens with two attached hydrogens (primary N) is 1. The van der Waals surface area contributed by atoms with Crippen LogP contribution in [-0.2, 0) is 5.54 Å². The van der Waals surface area contributed by atoms with Gasteiger partial charge in [-0.2, -0.15) is 8.78 Å². The number of aromatic nitrogens is 1. The molecule has 0 radical (unpaired) electrons. The van der Waals surface area contributed by atoms with Crippen LogP contribution in [0.2, 0.25) is 0 Å². The molecular formula is C24H23F2N3O2. The highest BCUT2D eigenvalue weighted by Crippen LogP contribution is 2.46. The van der Waals surface area contributed by atoms with Crippen LogP contribution < -0.4 is 15.2 Å². The van der Waals surface area contributed by atoms with Crippen molar-refractivity contribution < 1.29 is 18.3 Å². The predicted octanol–water partition coefficient (Wildman–Crippen LogP) is 4.73. The van der Waals surface area contributed by atoms with Crippen molar-refractivity contribution in [3.8, 4) is 11.5 Å². The van der Waals surface area contributed by atoms with Gasteiger partial charge in [0.1, 0.15) is 28.6 Å². The van der Waals surface area contributed by atoms with Crippen molar-refractivity contribution >= 4 is 5.84 Å². The lowest BCUT2D eigenvalue weighted by molar-refractivity contribution is -0.0498. The first-order valence-electron chi connectivity index (χ1n) is 10.00. The van der Waals surface area contributed by atoms with Crippen molar-refractivity contribution in [1.82, 2.24) is 4.98 Å². The summed E-state index contributed by atoms with van der Waals surface area (Å²) in [6, 6.07) is 17.9. The third-order valence-electron chi connectivity index (χ3n) is 5.06. The number of nitrogens with zero attached hydrogens (tertiary/aromatic N) is 2. The van der Waals surface area contributed by atoms with Crippen LogP contribution in [0.4, 0.5) is 8.78 Å². The second-order valence-electron chi connectivity index (χ2n) is 7.74. The number of alkyl halides is 2. The Bertz CT molecular complexity index is 1100. The van der Waals surface area contributed by atoms with E-state index in [4.69, 9.17) is 15.5 Å². The fourth-order valence-electron chi connectivity index (χ4n) is 3.75. The van der Waals surface area contributed by atoms with Crippen molar-refractivity contribution in [3.05, 3.63) is 89.2 Å². The maximum Gasteiger partial charge on any atom is 0.387 e. The zero-order chi connectivity index (χ0) is 22.0. The molecule has 1 aromatic heterocycles. The van der Waals surface area contributed by atoms with E-state index in [0.29, 0.717) is 29.8 Å². The van der Waals surface area contributed by atoms with Crippen LogP contribution in [0.1, 0.15) is 36.2 Å². The molecule has 0 saturated heterocycles. The number of ether oxygens (including phenoxy) is 2. The minimum atomic E-state index is -2.89. The Kier molecular flexibility index (Phi) is 5.59. The lowest BCUT2D eigenvalue weighted by Gasteiger charge is -2.29. The standard InChI is InChI=1S/C24H23F2N3O2/c1-15(2)14-30-19-6-3-5-17(13-19)24(16-8-10-18(11-9-16)31-23(25)26)20-7-4-12-28-21(20)22(27)29-24/h3-13,15,23H,14H2,1-2H3,(H2,27,29). The fraction of sp³-hybridized carbons (Fsp3) is 0.250. The first-order chi connectivity index (χ1) is 14.9. The number of halogens is 2. The molecule has 0 saturated carbocycles. The first kappa shape index (κ1) is 20.8. The van der Waals surface area contributed by atoms with Gasteiger partial charge in [0.05, 0.1) is 6.61 Å². The number of pyridine rings is 1. The summed E-state index contributed by atoms with van der Waals surface area (Å²) >= 11 is 0. The molecule has 1 aliphatic heterocycles. The van der Waals surface area contributed by atoms with E-state index < -0.39 is 12.2 Å². The van der Waals surface area contributed by atoms with E-state index in [0.717, 1.165) is 16.7 Å². The molecule has 0 spiro atoms. The van der Waals surface area contributed by atoms with E-state index >= 15 is 0 Å². The second-order valence-corrected chi connectivity index (χ2v) is 7.74. The molecule has 31 heavy (non-hydrogen) atoms. The van der Waals surface area contributed by atoms with Gasteiger partial charge in [-0.25, -0.2) is 4.99 Å². The molecule has 2 N–H and O–H groups in total. The molecule has 0 bridgehead atoms. The number of hydrogen-bond acceptors (Lipinski definition) is 5. The molecule has 1 unspecified atom stereocenters. The van der Waals surface area contributed by atoms with Crippen LogP contribution in [0.15, 0.2) is 71.9 Å². The zero-order valence-corrected chi connectivity index (χ0v) is 17.3. The number of aliphatic imine (C=N–C) groups is 1. The Morgan fingerprint density at radius 2 is 1.74 bits per heavy atom. The summed E-state index contributed by atoms with van der Waals surface area (Å²) in [5.74, 6) is 1.49.